The summed E-state index contributed by atoms with van der Waals surface area (Å²) in [5.74, 6) is 1.04. The highest BCUT2D eigenvalue weighted by Crippen LogP contribution is 2.32. The molecular weight excluding hydrogens is 405 g/mol. The van der Waals surface area contributed by atoms with Crippen LogP contribution in [0.15, 0.2) is 66.7 Å². The zero-order valence-electron chi connectivity index (χ0n) is 14.2. The van der Waals surface area contributed by atoms with Gasteiger partial charge < -0.3 is 10.1 Å². The molecule has 0 radical (unpaired) electrons. The van der Waals surface area contributed by atoms with Crippen LogP contribution in [0.2, 0.25) is 15.1 Å². The third-order valence-electron chi connectivity index (χ3n) is 3.81. The summed E-state index contributed by atoms with van der Waals surface area (Å²) in [6, 6.07) is 19.8. The second-order valence-corrected chi connectivity index (χ2v) is 7.10. The molecule has 1 amide bonds. The van der Waals surface area contributed by atoms with E-state index in [9.17, 15) is 4.79 Å². The van der Waals surface area contributed by atoms with E-state index in [0.717, 1.165) is 5.56 Å². The van der Waals surface area contributed by atoms with Crippen molar-refractivity contribution in [2.75, 3.05) is 5.32 Å². The number of benzene rings is 3. The third-order valence-corrected chi connectivity index (χ3v) is 4.79. The van der Waals surface area contributed by atoms with E-state index < -0.39 is 0 Å². The Morgan fingerprint density at radius 3 is 2.41 bits per heavy atom. The second kappa shape index (κ2) is 9.14. The SMILES string of the molecule is O=C(CCc1ccc(Cl)c(Cl)c1)Nc1cc(Cl)ccc1Oc1ccccc1. The molecule has 3 aromatic carbocycles. The van der Waals surface area contributed by atoms with Crippen molar-refractivity contribution in [2.45, 2.75) is 12.8 Å². The number of amides is 1. The van der Waals surface area contributed by atoms with E-state index in [1.807, 2.05) is 36.4 Å². The number of nitrogens with one attached hydrogen (secondary N) is 1. The monoisotopic (exact) mass is 419 g/mol. The summed E-state index contributed by atoms with van der Waals surface area (Å²) in [5, 5.41) is 4.34. The van der Waals surface area contributed by atoms with Gasteiger partial charge >= 0.3 is 0 Å². The maximum atomic E-state index is 12.4. The summed E-state index contributed by atoms with van der Waals surface area (Å²) < 4.78 is 5.85. The van der Waals surface area contributed by atoms with Crippen LogP contribution in [-0.4, -0.2) is 5.91 Å². The first-order chi connectivity index (χ1) is 13.0. The average Bonchev–Trinajstić information content (AvgIpc) is 2.66. The quantitative estimate of drug-likeness (QED) is 0.466. The van der Waals surface area contributed by atoms with Crippen molar-refractivity contribution < 1.29 is 9.53 Å². The fourth-order valence-electron chi connectivity index (χ4n) is 2.47. The Balaban J connectivity index is 1.67. The minimum absolute atomic E-state index is 0.152. The lowest BCUT2D eigenvalue weighted by molar-refractivity contribution is -0.116. The molecule has 0 fully saturated rings. The first-order valence-electron chi connectivity index (χ1n) is 8.27. The number of carbonyl (C=O) groups is 1. The molecule has 138 valence electrons. The summed E-state index contributed by atoms with van der Waals surface area (Å²) in [5.41, 5.74) is 1.46. The highest BCUT2D eigenvalue weighted by molar-refractivity contribution is 6.42. The Morgan fingerprint density at radius 1 is 0.889 bits per heavy atom. The molecule has 27 heavy (non-hydrogen) atoms. The van der Waals surface area contributed by atoms with E-state index in [1.54, 1.807) is 30.3 Å². The highest BCUT2D eigenvalue weighted by Gasteiger charge is 2.11. The topological polar surface area (TPSA) is 38.3 Å². The van der Waals surface area contributed by atoms with Crippen molar-refractivity contribution in [3.05, 3.63) is 87.4 Å². The second-order valence-electron chi connectivity index (χ2n) is 5.85. The van der Waals surface area contributed by atoms with E-state index in [-0.39, 0.29) is 12.3 Å². The number of hydrogen-bond acceptors (Lipinski definition) is 2. The van der Waals surface area contributed by atoms with E-state index in [0.29, 0.717) is 38.7 Å². The van der Waals surface area contributed by atoms with Gasteiger partial charge in [0.25, 0.3) is 0 Å². The molecule has 6 heteroatoms. The van der Waals surface area contributed by atoms with Crippen LogP contribution in [0.3, 0.4) is 0 Å². The predicted octanol–water partition coefficient (Wildman–Crippen LogP) is 7.01. The summed E-state index contributed by atoms with van der Waals surface area (Å²) in [4.78, 5) is 12.4. The fraction of sp³-hybridized carbons (Fsp3) is 0.0952. The Kier molecular flexibility index (Phi) is 6.62. The Bertz CT molecular complexity index is 945. The molecule has 3 rings (SSSR count). The van der Waals surface area contributed by atoms with Crippen LogP contribution in [0, 0.1) is 0 Å². The molecule has 0 aliphatic heterocycles. The predicted molar refractivity (Wildman–Crippen MR) is 111 cm³/mol. The van der Waals surface area contributed by atoms with E-state index >= 15 is 0 Å². The van der Waals surface area contributed by atoms with Gasteiger partial charge in [-0.15, -0.1) is 0 Å². The van der Waals surface area contributed by atoms with Gasteiger partial charge in [0.05, 0.1) is 15.7 Å². The molecule has 0 aliphatic rings. The van der Waals surface area contributed by atoms with Crippen LogP contribution in [-0.2, 0) is 11.2 Å². The lowest BCUT2D eigenvalue weighted by atomic mass is 10.1. The van der Waals surface area contributed by atoms with E-state index in [2.05, 4.69) is 5.32 Å². The van der Waals surface area contributed by atoms with Gasteiger partial charge in [-0.05, 0) is 54.4 Å². The molecule has 3 aromatic rings. The maximum absolute atomic E-state index is 12.4. The van der Waals surface area contributed by atoms with Crippen LogP contribution in [0.1, 0.15) is 12.0 Å². The van der Waals surface area contributed by atoms with Gasteiger partial charge in [-0.25, -0.2) is 0 Å². The van der Waals surface area contributed by atoms with Crippen molar-refractivity contribution in [3.8, 4) is 11.5 Å². The standard InChI is InChI=1S/C21H16Cl3NO2/c22-15-8-10-20(27-16-4-2-1-3-5-16)19(13-15)25-21(26)11-7-14-6-9-17(23)18(24)12-14/h1-6,8-10,12-13H,7,11H2,(H,25,26). The minimum atomic E-state index is -0.152. The summed E-state index contributed by atoms with van der Waals surface area (Å²) in [7, 11) is 0. The molecule has 0 saturated heterocycles. The van der Waals surface area contributed by atoms with Crippen LogP contribution in [0.4, 0.5) is 5.69 Å². The normalized spacial score (nSPS) is 10.5. The molecule has 0 saturated carbocycles. The zero-order chi connectivity index (χ0) is 19.2. The number of halogens is 3. The lowest BCUT2D eigenvalue weighted by Crippen LogP contribution is -2.13. The van der Waals surface area contributed by atoms with Gasteiger partial charge in [0.1, 0.15) is 5.75 Å². The van der Waals surface area contributed by atoms with Gasteiger partial charge in [0.2, 0.25) is 5.91 Å². The van der Waals surface area contributed by atoms with Crippen molar-refractivity contribution in [1.82, 2.24) is 0 Å². The molecule has 0 atom stereocenters. The number of ether oxygens (including phenoxy) is 1. The Morgan fingerprint density at radius 2 is 1.67 bits per heavy atom. The highest BCUT2D eigenvalue weighted by atomic mass is 35.5. The molecule has 0 heterocycles. The molecule has 0 spiro atoms. The summed E-state index contributed by atoms with van der Waals surface area (Å²) >= 11 is 18.0. The lowest BCUT2D eigenvalue weighted by Gasteiger charge is -2.13. The maximum Gasteiger partial charge on any atom is 0.224 e. The molecule has 0 aromatic heterocycles. The summed E-state index contributed by atoms with van der Waals surface area (Å²) in [6.07, 6.45) is 0.827. The molecular formula is C21H16Cl3NO2. The van der Waals surface area contributed by atoms with Gasteiger partial charge in [-0.2, -0.15) is 0 Å². The van der Waals surface area contributed by atoms with Gasteiger partial charge in [-0.1, -0.05) is 59.1 Å². The molecule has 0 aliphatic carbocycles. The van der Waals surface area contributed by atoms with Crippen LogP contribution in [0.25, 0.3) is 0 Å². The van der Waals surface area contributed by atoms with Gasteiger partial charge in [0, 0.05) is 11.4 Å². The molecule has 1 N–H and O–H groups in total. The van der Waals surface area contributed by atoms with E-state index in [1.165, 1.54) is 0 Å². The Hall–Kier alpha value is -2.20. The van der Waals surface area contributed by atoms with Crippen molar-refractivity contribution in [1.29, 1.82) is 0 Å². The number of rotatable bonds is 6. The first-order valence-corrected chi connectivity index (χ1v) is 9.41. The largest absolute Gasteiger partial charge is 0.455 e. The van der Waals surface area contributed by atoms with Crippen LogP contribution < -0.4 is 10.1 Å². The fourth-order valence-corrected chi connectivity index (χ4v) is 2.96. The number of carbonyl (C=O) groups excluding carboxylic acids is 1. The van der Waals surface area contributed by atoms with Crippen molar-refractivity contribution in [2.24, 2.45) is 0 Å². The minimum Gasteiger partial charge on any atom is -0.455 e. The van der Waals surface area contributed by atoms with Crippen LogP contribution >= 0.6 is 34.8 Å². The van der Waals surface area contributed by atoms with Crippen LogP contribution in [0.5, 0.6) is 11.5 Å². The summed E-state index contributed by atoms with van der Waals surface area (Å²) in [6.45, 7) is 0. The molecule has 0 unspecified atom stereocenters. The van der Waals surface area contributed by atoms with Crippen molar-refractivity contribution >= 4 is 46.4 Å². The number of para-hydroxylation sites is 1. The third kappa shape index (κ3) is 5.64. The number of anilines is 1. The molecule has 3 nitrogen and oxygen atoms in total. The number of aryl methyl sites for hydroxylation is 1. The average molecular weight is 421 g/mol. The van der Waals surface area contributed by atoms with E-state index in [4.69, 9.17) is 39.5 Å². The Labute approximate surface area is 172 Å². The first kappa shape index (κ1) is 19.6. The number of hydrogen-bond donors (Lipinski definition) is 1. The molecule has 0 bridgehead atoms. The zero-order valence-corrected chi connectivity index (χ0v) is 16.5. The van der Waals surface area contributed by atoms with Gasteiger partial charge in [0.15, 0.2) is 5.75 Å². The smallest absolute Gasteiger partial charge is 0.224 e. The van der Waals surface area contributed by atoms with Crippen molar-refractivity contribution in [3.63, 3.8) is 0 Å². The van der Waals surface area contributed by atoms with Gasteiger partial charge in [-0.3, -0.25) is 4.79 Å².